The van der Waals surface area contributed by atoms with Crippen molar-refractivity contribution in [1.29, 1.82) is 0 Å². The van der Waals surface area contributed by atoms with Crippen LogP contribution in [0.1, 0.15) is 24.8 Å². The van der Waals surface area contributed by atoms with Crippen molar-refractivity contribution < 1.29 is 13.2 Å². The molecular weight excluding hydrogens is 396 g/mol. The number of nitrogens with one attached hydrogen (secondary N) is 2. The van der Waals surface area contributed by atoms with Gasteiger partial charge in [0.2, 0.25) is 10.0 Å². The molecule has 0 bridgehead atoms. The van der Waals surface area contributed by atoms with Crippen LogP contribution in [0, 0.1) is 0 Å². The zero-order chi connectivity index (χ0) is 20.4. The van der Waals surface area contributed by atoms with Gasteiger partial charge in [-0.15, -0.1) is 0 Å². The van der Waals surface area contributed by atoms with Gasteiger partial charge in [-0.05, 0) is 30.0 Å². The molecule has 0 saturated carbocycles. The van der Waals surface area contributed by atoms with E-state index in [1.807, 2.05) is 12.1 Å². The molecule has 1 atom stereocenters. The van der Waals surface area contributed by atoms with Crippen molar-refractivity contribution in [1.82, 2.24) is 14.9 Å². The summed E-state index contributed by atoms with van der Waals surface area (Å²) in [5.41, 5.74) is 1.26. The third kappa shape index (κ3) is 7.18. The van der Waals surface area contributed by atoms with E-state index >= 15 is 0 Å². The van der Waals surface area contributed by atoms with Crippen LogP contribution < -0.4 is 15.4 Å². The number of guanidine groups is 1. The summed E-state index contributed by atoms with van der Waals surface area (Å²) in [6, 6.07) is 8.11. The van der Waals surface area contributed by atoms with E-state index in [0.29, 0.717) is 31.5 Å². The second-order valence-corrected chi connectivity index (χ2v) is 10.0. The number of thioether (sulfide) groups is 1. The number of hydrogen-bond acceptors (Lipinski definition) is 5. The van der Waals surface area contributed by atoms with Crippen molar-refractivity contribution >= 4 is 27.7 Å². The molecule has 7 nitrogen and oxygen atoms in total. The number of rotatable bonds is 9. The van der Waals surface area contributed by atoms with Crippen molar-refractivity contribution in [2.75, 3.05) is 57.6 Å². The van der Waals surface area contributed by atoms with Gasteiger partial charge in [-0.2, -0.15) is 11.8 Å². The summed E-state index contributed by atoms with van der Waals surface area (Å²) in [6.45, 7) is 4.51. The van der Waals surface area contributed by atoms with Gasteiger partial charge in [0.25, 0.3) is 0 Å². The highest BCUT2D eigenvalue weighted by Gasteiger charge is 2.23. The molecule has 1 aliphatic rings. The molecule has 0 aliphatic carbocycles. The lowest BCUT2D eigenvalue weighted by molar-refractivity contribution is 0.414. The first-order chi connectivity index (χ1) is 13.5. The second kappa shape index (κ2) is 11.5. The molecule has 1 aromatic carbocycles. The largest absolute Gasteiger partial charge is 0.497 e. The maximum absolute atomic E-state index is 12.4. The molecule has 0 amide bonds. The summed E-state index contributed by atoms with van der Waals surface area (Å²) in [5, 5.41) is 6.37. The minimum Gasteiger partial charge on any atom is -0.497 e. The zero-order valence-electron chi connectivity index (χ0n) is 17.0. The summed E-state index contributed by atoms with van der Waals surface area (Å²) in [7, 11) is 0.159. The number of nitrogens with zero attached hydrogens (tertiary/aromatic N) is 2. The predicted octanol–water partition coefficient (Wildman–Crippen LogP) is 1.73. The quantitative estimate of drug-likeness (QED) is 0.460. The maximum Gasteiger partial charge on any atom is 0.215 e. The van der Waals surface area contributed by atoms with Gasteiger partial charge in [-0.3, -0.25) is 4.99 Å². The normalized spacial score (nSPS) is 17.2. The third-order valence-corrected chi connectivity index (χ3v) is 7.61. The highest BCUT2D eigenvalue weighted by molar-refractivity contribution is 7.99. The van der Waals surface area contributed by atoms with E-state index in [1.165, 1.54) is 5.56 Å². The van der Waals surface area contributed by atoms with Crippen LogP contribution in [0.2, 0.25) is 0 Å². The number of methoxy groups -OCH3 is 1. The Kier molecular flexibility index (Phi) is 9.40. The van der Waals surface area contributed by atoms with Crippen LogP contribution >= 0.6 is 11.8 Å². The smallest absolute Gasteiger partial charge is 0.215 e. The summed E-state index contributed by atoms with van der Waals surface area (Å²) >= 11 is 1.80. The van der Waals surface area contributed by atoms with E-state index in [0.717, 1.165) is 30.2 Å². The number of benzene rings is 1. The van der Waals surface area contributed by atoms with Crippen LogP contribution in [-0.4, -0.2) is 76.3 Å². The van der Waals surface area contributed by atoms with Crippen molar-refractivity contribution in [3.8, 4) is 5.75 Å². The minimum absolute atomic E-state index is 0.0839. The van der Waals surface area contributed by atoms with Gasteiger partial charge in [-0.1, -0.05) is 19.1 Å². The molecule has 1 aromatic rings. The van der Waals surface area contributed by atoms with E-state index < -0.39 is 10.0 Å². The third-order valence-electron chi connectivity index (χ3n) is 4.79. The molecular formula is C19H32N4O3S2. The van der Waals surface area contributed by atoms with Crippen LogP contribution in [-0.2, 0) is 10.0 Å². The highest BCUT2D eigenvalue weighted by atomic mass is 32.2. The van der Waals surface area contributed by atoms with Crippen molar-refractivity contribution in [2.24, 2.45) is 4.99 Å². The number of aliphatic imine (C=N–C) groups is 1. The Balaban J connectivity index is 1.70. The Morgan fingerprint density at radius 2 is 1.86 bits per heavy atom. The first-order valence-electron chi connectivity index (χ1n) is 9.60. The van der Waals surface area contributed by atoms with Crippen LogP contribution in [0.25, 0.3) is 0 Å². The Bertz CT molecular complexity index is 717. The van der Waals surface area contributed by atoms with E-state index in [1.54, 1.807) is 30.2 Å². The number of hydrogen-bond donors (Lipinski definition) is 2. The zero-order valence-corrected chi connectivity index (χ0v) is 18.6. The molecule has 0 spiro atoms. The Hall–Kier alpha value is -1.45. The summed E-state index contributed by atoms with van der Waals surface area (Å²) in [5.74, 6) is 3.72. The predicted molar refractivity (Wildman–Crippen MR) is 118 cm³/mol. The molecule has 0 aromatic heterocycles. The minimum atomic E-state index is -3.20. The average molecular weight is 429 g/mol. The van der Waals surface area contributed by atoms with Gasteiger partial charge in [0.1, 0.15) is 5.75 Å². The lowest BCUT2D eigenvalue weighted by Gasteiger charge is -2.25. The average Bonchev–Trinajstić information content (AvgIpc) is 2.73. The molecule has 1 heterocycles. The van der Waals surface area contributed by atoms with E-state index in [4.69, 9.17) is 4.74 Å². The molecule has 1 unspecified atom stereocenters. The van der Waals surface area contributed by atoms with Gasteiger partial charge in [-0.25, -0.2) is 12.7 Å². The van der Waals surface area contributed by atoms with Crippen molar-refractivity contribution in [3.63, 3.8) is 0 Å². The SMILES string of the molecule is CN=C(NCCC(C)c1ccc(OC)cc1)NCCS(=O)(=O)N1CCSCC1. The highest BCUT2D eigenvalue weighted by Crippen LogP contribution is 2.21. The summed E-state index contributed by atoms with van der Waals surface area (Å²) in [6.07, 6.45) is 0.941. The molecule has 1 fully saturated rings. The van der Waals surface area contributed by atoms with E-state index in [2.05, 4.69) is 34.7 Å². The van der Waals surface area contributed by atoms with Gasteiger partial charge >= 0.3 is 0 Å². The van der Waals surface area contributed by atoms with Crippen LogP contribution in [0.3, 0.4) is 0 Å². The molecule has 9 heteroatoms. The fraction of sp³-hybridized carbons (Fsp3) is 0.632. The standard InChI is InChI=1S/C19H32N4O3S2/c1-16(17-4-6-18(26-3)7-5-17)8-9-21-19(20-2)22-10-15-28(24,25)23-11-13-27-14-12-23/h4-7,16H,8-15H2,1-3H3,(H2,20,21,22). The van der Waals surface area contributed by atoms with Crippen LogP contribution in [0.5, 0.6) is 5.75 Å². The Labute approximate surface area is 173 Å². The van der Waals surface area contributed by atoms with Gasteiger partial charge in [0, 0.05) is 44.7 Å². The Morgan fingerprint density at radius 1 is 1.21 bits per heavy atom. The van der Waals surface area contributed by atoms with Crippen LogP contribution in [0.4, 0.5) is 0 Å². The summed E-state index contributed by atoms with van der Waals surface area (Å²) < 4.78 is 31.5. The first-order valence-corrected chi connectivity index (χ1v) is 12.4. The van der Waals surface area contributed by atoms with Crippen molar-refractivity contribution in [3.05, 3.63) is 29.8 Å². The number of ether oxygens (including phenoxy) is 1. The molecule has 158 valence electrons. The molecule has 0 radical (unpaired) electrons. The van der Waals surface area contributed by atoms with Gasteiger partial charge in [0.05, 0.1) is 12.9 Å². The van der Waals surface area contributed by atoms with Crippen molar-refractivity contribution in [2.45, 2.75) is 19.3 Å². The molecule has 28 heavy (non-hydrogen) atoms. The summed E-state index contributed by atoms with van der Waals surface area (Å²) in [4.78, 5) is 4.18. The van der Waals surface area contributed by atoms with Crippen LogP contribution in [0.15, 0.2) is 29.3 Å². The van der Waals surface area contributed by atoms with Gasteiger partial charge < -0.3 is 15.4 Å². The molecule has 1 aliphatic heterocycles. The lowest BCUT2D eigenvalue weighted by atomic mass is 9.98. The van der Waals surface area contributed by atoms with E-state index in [9.17, 15) is 8.42 Å². The lowest BCUT2D eigenvalue weighted by Crippen LogP contribution is -2.44. The molecule has 2 rings (SSSR count). The maximum atomic E-state index is 12.4. The molecule has 2 N–H and O–H groups in total. The number of sulfonamides is 1. The monoisotopic (exact) mass is 428 g/mol. The molecule has 1 saturated heterocycles. The first kappa shape index (κ1) is 22.8. The topological polar surface area (TPSA) is 83.0 Å². The fourth-order valence-electron chi connectivity index (χ4n) is 2.98. The Morgan fingerprint density at radius 3 is 2.46 bits per heavy atom. The van der Waals surface area contributed by atoms with Gasteiger partial charge in [0.15, 0.2) is 5.96 Å². The second-order valence-electron chi connectivity index (χ2n) is 6.72. The van der Waals surface area contributed by atoms with E-state index in [-0.39, 0.29) is 5.75 Å². The fourth-order valence-corrected chi connectivity index (χ4v) is 5.47.